The SMILES string of the molecule is COCOc1cc(O)cc2c1C(=O)O[C@@H](C)[C@H](C)/C=C\C(C)C1OC(C)(C)OC1C/C=C/2.COCOc1cc(OCC[Si](C)(C)C)cc2c1C(=O)O[C@@H](C)[C@H](C)/C=C\C(C)C1OC(C)(C)OC1C/C=C/2. The molecule has 4 aliphatic heterocycles. The van der Waals surface area contributed by atoms with Crippen LogP contribution in [0.4, 0.5) is 0 Å². The Labute approximate surface area is 417 Å². The first kappa shape index (κ1) is 56.4. The van der Waals surface area contributed by atoms with Gasteiger partial charge >= 0.3 is 11.9 Å². The molecule has 0 saturated carbocycles. The van der Waals surface area contributed by atoms with E-state index in [1.54, 1.807) is 19.3 Å². The van der Waals surface area contributed by atoms with Gasteiger partial charge in [-0.3, -0.25) is 0 Å². The molecular weight excluding hydrogens is 913 g/mol. The van der Waals surface area contributed by atoms with Crippen LogP contribution in [0.25, 0.3) is 12.2 Å². The van der Waals surface area contributed by atoms with Crippen molar-refractivity contribution in [1.82, 2.24) is 0 Å². The minimum Gasteiger partial charge on any atom is -0.508 e. The van der Waals surface area contributed by atoms with Crippen molar-refractivity contribution in [1.29, 1.82) is 0 Å². The fraction of sp³-hybridized carbons (Fsp3) is 0.600. The van der Waals surface area contributed by atoms with E-state index < -0.39 is 31.6 Å². The molecule has 4 aliphatic rings. The Morgan fingerprint density at radius 2 is 1.03 bits per heavy atom. The van der Waals surface area contributed by atoms with Crippen molar-refractivity contribution in [3.8, 4) is 23.0 Å². The van der Waals surface area contributed by atoms with E-state index in [1.807, 2.05) is 79.7 Å². The molecule has 10 atom stereocenters. The Morgan fingerprint density at radius 1 is 0.600 bits per heavy atom. The van der Waals surface area contributed by atoms with E-state index >= 15 is 0 Å². The highest BCUT2D eigenvalue weighted by Crippen LogP contribution is 2.39. The normalized spacial score (nSPS) is 30.7. The van der Waals surface area contributed by atoms with Gasteiger partial charge < -0.3 is 57.2 Å². The monoisotopic (exact) mass is 993 g/mol. The van der Waals surface area contributed by atoms with Crippen LogP contribution in [0.15, 0.2) is 60.7 Å². The molecule has 2 aromatic carbocycles. The number of esters is 2. The topological polar surface area (TPSA) is 156 Å². The summed E-state index contributed by atoms with van der Waals surface area (Å²) >= 11 is 0. The minimum atomic E-state index is -1.27. The van der Waals surface area contributed by atoms with Crippen LogP contribution in [0.2, 0.25) is 25.7 Å². The molecule has 6 rings (SSSR count). The van der Waals surface area contributed by atoms with Gasteiger partial charge in [-0.2, -0.15) is 0 Å². The van der Waals surface area contributed by atoms with Gasteiger partial charge in [0.2, 0.25) is 0 Å². The number of aromatic hydroxyl groups is 1. The summed E-state index contributed by atoms with van der Waals surface area (Å²) in [6.07, 6.45) is 16.1. The molecule has 15 heteroatoms. The molecule has 1 N–H and O–H groups in total. The summed E-state index contributed by atoms with van der Waals surface area (Å²) in [5.74, 6) is -0.857. The molecule has 2 saturated heterocycles. The quantitative estimate of drug-likeness (QED) is 0.104. The second-order valence-electron chi connectivity index (χ2n) is 21.0. The van der Waals surface area contributed by atoms with Gasteiger partial charge in [0.25, 0.3) is 0 Å². The number of carbonyl (C=O) groups excluding carboxylic acids is 2. The van der Waals surface area contributed by atoms with Crippen LogP contribution in [0.1, 0.15) is 114 Å². The van der Waals surface area contributed by atoms with E-state index in [0.717, 1.165) is 6.04 Å². The summed E-state index contributed by atoms with van der Waals surface area (Å²) in [5, 5.41) is 10.2. The average Bonchev–Trinajstić information content (AvgIpc) is 3.77. The highest BCUT2D eigenvalue weighted by atomic mass is 28.3. The highest BCUT2D eigenvalue weighted by Gasteiger charge is 2.44. The number of phenols is 1. The van der Waals surface area contributed by atoms with Crippen LogP contribution in [0.3, 0.4) is 0 Å². The lowest BCUT2D eigenvalue weighted by Gasteiger charge is -2.23. The van der Waals surface area contributed by atoms with E-state index in [4.69, 9.17) is 52.1 Å². The van der Waals surface area contributed by atoms with Gasteiger partial charge in [-0.15, -0.1) is 0 Å². The first-order valence-electron chi connectivity index (χ1n) is 24.6. The Bertz CT molecular complexity index is 2190. The van der Waals surface area contributed by atoms with E-state index in [1.165, 1.54) is 19.2 Å². The van der Waals surface area contributed by atoms with Crippen molar-refractivity contribution < 1.29 is 66.8 Å². The van der Waals surface area contributed by atoms with Crippen LogP contribution >= 0.6 is 0 Å². The van der Waals surface area contributed by atoms with Crippen molar-refractivity contribution in [2.24, 2.45) is 23.7 Å². The molecule has 0 aromatic heterocycles. The number of phenolic OH excluding ortho intramolecular Hbond substituents is 1. The Kier molecular flexibility index (Phi) is 20.0. The Morgan fingerprint density at radius 3 is 1.47 bits per heavy atom. The first-order valence-corrected chi connectivity index (χ1v) is 28.4. The van der Waals surface area contributed by atoms with Crippen LogP contribution in [-0.4, -0.2) is 108 Å². The number of rotatable bonds is 10. The van der Waals surface area contributed by atoms with Crippen molar-refractivity contribution in [3.63, 3.8) is 0 Å². The van der Waals surface area contributed by atoms with Crippen LogP contribution < -0.4 is 14.2 Å². The minimum absolute atomic E-state index is 0.00160. The summed E-state index contributed by atoms with van der Waals surface area (Å²) in [6.45, 7) is 27.2. The number of ether oxygens (including phenoxy) is 11. The lowest BCUT2D eigenvalue weighted by molar-refractivity contribution is -0.148. The second kappa shape index (κ2) is 24.8. The maximum atomic E-state index is 13.5. The van der Waals surface area contributed by atoms with Crippen molar-refractivity contribution in [3.05, 3.63) is 83.0 Å². The van der Waals surface area contributed by atoms with Gasteiger partial charge in [0.15, 0.2) is 25.2 Å². The number of hydrogen-bond acceptors (Lipinski definition) is 14. The predicted molar refractivity (Wildman–Crippen MR) is 273 cm³/mol. The van der Waals surface area contributed by atoms with Crippen molar-refractivity contribution in [2.45, 2.75) is 156 Å². The van der Waals surface area contributed by atoms with Gasteiger partial charge in [-0.25, -0.2) is 9.59 Å². The lowest BCUT2D eigenvalue weighted by atomic mass is 9.94. The zero-order chi connectivity index (χ0) is 51.6. The van der Waals surface area contributed by atoms with E-state index in [0.29, 0.717) is 47.6 Å². The molecule has 14 nitrogen and oxygen atoms in total. The number of cyclic esters (lactones) is 2. The average molecular weight is 993 g/mol. The Hall–Kier alpha value is -4.48. The standard InChI is InChI=1S/C30H46O7Si.C25H34O7/c1-20-13-14-21(2)28-25(36-30(4,5)37-28)12-10-11-23-17-24(33-15-16-38(7,8)9)18-26(34-19-32-6)27(23)29(31)35-22(20)3;1-15-10-11-16(2)23-20(31-25(4,5)32-23)9-7-8-18-12-19(26)13-21(29-14-28-6)22(18)24(27)30-17(15)3/h10-11,13-14,17-18,20-22,25,28H,12,15-16,19H2,1-9H3;7-8,10-13,15-17,20,23,26H,9,14H2,1-6H3/b11-10+,14-13-;8-7+,11-10-/t20-,21?,22+,25?,28?;15-,16?,17+,20?,23?/m11/s1. The molecule has 2 fully saturated rings. The summed E-state index contributed by atoms with van der Waals surface area (Å²) in [6, 6.07) is 7.56. The Balaban J connectivity index is 0.000000265. The number of carbonyl (C=O) groups is 2. The second-order valence-corrected chi connectivity index (χ2v) is 26.7. The fourth-order valence-electron chi connectivity index (χ4n) is 8.51. The zero-order valence-electron chi connectivity index (χ0n) is 44.2. The molecule has 388 valence electrons. The molecule has 4 heterocycles. The van der Waals surface area contributed by atoms with Gasteiger partial charge in [0.05, 0.1) is 31.0 Å². The third-order valence-corrected chi connectivity index (χ3v) is 14.4. The molecule has 0 bridgehead atoms. The smallest absolute Gasteiger partial charge is 0.342 e. The number of fused-ring (bicyclic) bond motifs is 4. The summed E-state index contributed by atoms with van der Waals surface area (Å²) in [5.41, 5.74) is 1.76. The van der Waals surface area contributed by atoms with Crippen molar-refractivity contribution >= 4 is 32.2 Å². The van der Waals surface area contributed by atoms with E-state index in [-0.39, 0.29) is 90.9 Å². The third kappa shape index (κ3) is 16.0. The molecule has 0 amide bonds. The van der Waals surface area contributed by atoms with E-state index in [9.17, 15) is 14.7 Å². The molecule has 0 radical (unpaired) electrons. The van der Waals surface area contributed by atoms with Crippen LogP contribution in [0.5, 0.6) is 23.0 Å². The summed E-state index contributed by atoms with van der Waals surface area (Å²) in [4.78, 5) is 26.7. The highest BCUT2D eigenvalue weighted by molar-refractivity contribution is 6.76. The van der Waals surface area contributed by atoms with Gasteiger partial charge in [-0.05, 0) is 83.7 Å². The number of methoxy groups -OCH3 is 2. The predicted octanol–water partition coefficient (Wildman–Crippen LogP) is 11.4. The van der Waals surface area contributed by atoms with E-state index in [2.05, 4.69) is 57.8 Å². The molecule has 70 heavy (non-hydrogen) atoms. The lowest BCUT2D eigenvalue weighted by Crippen LogP contribution is -2.29. The molecule has 6 unspecified atom stereocenters. The van der Waals surface area contributed by atoms with Crippen LogP contribution in [0, 0.1) is 23.7 Å². The maximum Gasteiger partial charge on any atom is 0.342 e. The van der Waals surface area contributed by atoms with Gasteiger partial charge in [0, 0.05) is 58.1 Å². The maximum absolute atomic E-state index is 13.5. The third-order valence-electron chi connectivity index (χ3n) is 12.7. The summed E-state index contributed by atoms with van der Waals surface area (Å²) < 4.78 is 64.3. The largest absolute Gasteiger partial charge is 0.508 e. The van der Waals surface area contributed by atoms with Gasteiger partial charge in [0.1, 0.15) is 46.3 Å². The number of benzene rings is 2. The first-order chi connectivity index (χ1) is 32.9. The number of hydrogen-bond donors (Lipinski definition) is 1. The molecular formula is C55H80O14Si. The van der Waals surface area contributed by atoms with Crippen molar-refractivity contribution in [2.75, 3.05) is 34.4 Å². The zero-order valence-corrected chi connectivity index (χ0v) is 45.2. The molecule has 2 aromatic rings. The van der Waals surface area contributed by atoms with Crippen LogP contribution in [-0.2, 0) is 37.9 Å². The molecule has 0 aliphatic carbocycles. The molecule has 0 spiro atoms. The van der Waals surface area contributed by atoms with Gasteiger partial charge in [-0.1, -0.05) is 95.9 Å². The fourth-order valence-corrected chi connectivity index (χ4v) is 9.22. The summed E-state index contributed by atoms with van der Waals surface area (Å²) in [7, 11) is 1.76.